The zero-order valence-corrected chi connectivity index (χ0v) is 13.6. The van der Waals surface area contributed by atoms with E-state index in [0.717, 1.165) is 5.75 Å². The van der Waals surface area contributed by atoms with E-state index in [-0.39, 0.29) is 6.10 Å². The number of benzene rings is 2. The first-order valence-corrected chi connectivity index (χ1v) is 8.35. The fourth-order valence-corrected chi connectivity index (χ4v) is 3.02. The molecule has 2 unspecified atom stereocenters. The number of methoxy groups -OCH3 is 1. The van der Waals surface area contributed by atoms with Crippen molar-refractivity contribution < 1.29 is 9.84 Å². The minimum absolute atomic E-state index is 0.325. The van der Waals surface area contributed by atoms with Crippen molar-refractivity contribution in [3.05, 3.63) is 65.7 Å². The molecule has 0 heterocycles. The predicted molar refractivity (Wildman–Crippen MR) is 92.6 cm³/mol. The molecule has 1 aliphatic rings. The van der Waals surface area contributed by atoms with Gasteiger partial charge in [0, 0.05) is 12.6 Å². The van der Waals surface area contributed by atoms with E-state index in [0.29, 0.717) is 24.9 Å². The summed E-state index contributed by atoms with van der Waals surface area (Å²) >= 11 is 0. The topological polar surface area (TPSA) is 41.5 Å². The van der Waals surface area contributed by atoms with Crippen molar-refractivity contribution >= 4 is 0 Å². The van der Waals surface area contributed by atoms with E-state index in [1.54, 1.807) is 7.11 Å². The lowest BCUT2D eigenvalue weighted by Gasteiger charge is -2.21. The summed E-state index contributed by atoms with van der Waals surface area (Å²) in [6.45, 7) is 0.613. The molecule has 0 spiro atoms. The van der Waals surface area contributed by atoms with Crippen molar-refractivity contribution in [3.8, 4) is 5.75 Å². The van der Waals surface area contributed by atoms with Gasteiger partial charge in [0.05, 0.1) is 13.2 Å². The Bertz CT molecular complexity index is 593. The van der Waals surface area contributed by atoms with Gasteiger partial charge in [-0.2, -0.15) is 0 Å². The molecule has 23 heavy (non-hydrogen) atoms. The van der Waals surface area contributed by atoms with Crippen LogP contribution in [0.2, 0.25) is 0 Å². The number of hydrogen-bond acceptors (Lipinski definition) is 3. The molecule has 3 rings (SSSR count). The molecular weight excluding hydrogens is 286 g/mol. The molecule has 3 heteroatoms. The molecule has 1 saturated carbocycles. The Balaban J connectivity index is 1.57. The molecule has 0 aliphatic heterocycles. The third-order valence-electron chi connectivity index (χ3n) is 4.46. The predicted octanol–water partition coefficient (Wildman–Crippen LogP) is 3.34. The first-order valence-electron chi connectivity index (χ1n) is 8.35. The van der Waals surface area contributed by atoms with Crippen LogP contribution in [0, 0.1) is 5.92 Å². The maximum Gasteiger partial charge on any atom is 0.118 e. The second kappa shape index (κ2) is 7.62. The van der Waals surface area contributed by atoms with Crippen molar-refractivity contribution in [2.45, 2.75) is 31.4 Å². The Morgan fingerprint density at radius 3 is 2.39 bits per heavy atom. The Labute approximate surface area is 138 Å². The molecular formula is C20H25NO2. The van der Waals surface area contributed by atoms with Gasteiger partial charge in [0.2, 0.25) is 0 Å². The summed E-state index contributed by atoms with van der Waals surface area (Å²) in [5.41, 5.74) is 2.45. The Morgan fingerprint density at radius 2 is 1.78 bits per heavy atom. The largest absolute Gasteiger partial charge is 0.497 e. The van der Waals surface area contributed by atoms with Crippen LogP contribution < -0.4 is 10.1 Å². The standard InChI is InChI=1S/C20H25NO2/c1-23-19-11-9-17(10-12-19)20(16-7-8-16)21-14-18(22)13-15-5-3-2-4-6-15/h2-6,9-12,16,18,20-22H,7-8,13-14H2,1H3. The number of nitrogens with one attached hydrogen (secondary N) is 1. The summed E-state index contributed by atoms with van der Waals surface area (Å²) in [6, 6.07) is 18.7. The highest BCUT2D eigenvalue weighted by Gasteiger charge is 2.32. The average Bonchev–Trinajstić information content (AvgIpc) is 3.41. The smallest absolute Gasteiger partial charge is 0.118 e. The van der Waals surface area contributed by atoms with E-state index < -0.39 is 0 Å². The zero-order chi connectivity index (χ0) is 16.1. The third kappa shape index (κ3) is 4.57. The minimum Gasteiger partial charge on any atom is -0.497 e. The maximum absolute atomic E-state index is 10.3. The Hall–Kier alpha value is -1.84. The molecule has 0 bridgehead atoms. The van der Waals surface area contributed by atoms with Crippen molar-refractivity contribution in [2.75, 3.05) is 13.7 Å². The Morgan fingerprint density at radius 1 is 1.09 bits per heavy atom. The normalized spacial score (nSPS) is 16.8. The van der Waals surface area contributed by atoms with E-state index in [2.05, 4.69) is 29.6 Å². The van der Waals surface area contributed by atoms with Gasteiger partial charge in [0.25, 0.3) is 0 Å². The van der Waals surface area contributed by atoms with Gasteiger partial charge in [0.15, 0.2) is 0 Å². The Kier molecular flexibility index (Phi) is 5.31. The third-order valence-corrected chi connectivity index (χ3v) is 4.46. The van der Waals surface area contributed by atoms with Gasteiger partial charge in [-0.15, -0.1) is 0 Å². The van der Waals surface area contributed by atoms with Crippen LogP contribution in [0.5, 0.6) is 5.75 Å². The van der Waals surface area contributed by atoms with Gasteiger partial charge in [-0.3, -0.25) is 0 Å². The molecule has 2 aromatic rings. The second-order valence-electron chi connectivity index (χ2n) is 6.34. The highest BCUT2D eigenvalue weighted by Crippen LogP contribution is 2.41. The zero-order valence-electron chi connectivity index (χ0n) is 13.6. The number of aliphatic hydroxyl groups is 1. The lowest BCUT2D eigenvalue weighted by atomic mass is 10.0. The van der Waals surface area contributed by atoms with Crippen LogP contribution in [0.4, 0.5) is 0 Å². The van der Waals surface area contributed by atoms with Crippen LogP contribution in [-0.2, 0) is 6.42 Å². The molecule has 0 amide bonds. The van der Waals surface area contributed by atoms with E-state index >= 15 is 0 Å². The first-order chi connectivity index (χ1) is 11.3. The van der Waals surface area contributed by atoms with E-state index in [4.69, 9.17) is 4.74 Å². The fraction of sp³-hybridized carbons (Fsp3) is 0.400. The molecule has 0 aromatic heterocycles. The average molecular weight is 311 g/mol. The number of hydrogen-bond donors (Lipinski definition) is 2. The van der Waals surface area contributed by atoms with Crippen LogP contribution in [0.15, 0.2) is 54.6 Å². The van der Waals surface area contributed by atoms with E-state index in [1.165, 1.54) is 24.0 Å². The number of rotatable bonds is 8. The summed E-state index contributed by atoms with van der Waals surface area (Å²) in [5.74, 6) is 1.57. The SMILES string of the molecule is COc1ccc(C(NCC(O)Cc2ccccc2)C2CC2)cc1. The fourth-order valence-electron chi connectivity index (χ4n) is 3.02. The van der Waals surface area contributed by atoms with Crippen LogP contribution in [0.3, 0.4) is 0 Å². The molecule has 1 aliphatic carbocycles. The van der Waals surface area contributed by atoms with Gasteiger partial charge >= 0.3 is 0 Å². The van der Waals surface area contributed by atoms with E-state index in [1.807, 2.05) is 30.3 Å². The quantitative estimate of drug-likeness (QED) is 0.785. The van der Waals surface area contributed by atoms with Crippen LogP contribution in [-0.4, -0.2) is 24.9 Å². The van der Waals surface area contributed by atoms with Crippen LogP contribution >= 0.6 is 0 Å². The van der Waals surface area contributed by atoms with Gasteiger partial charge < -0.3 is 15.2 Å². The number of ether oxygens (including phenoxy) is 1. The van der Waals surface area contributed by atoms with Gasteiger partial charge in [-0.05, 0) is 48.4 Å². The van der Waals surface area contributed by atoms with E-state index in [9.17, 15) is 5.11 Å². The van der Waals surface area contributed by atoms with Crippen molar-refractivity contribution in [1.82, 2.24) is 5.32 Å². The van der Waals surface area contributed by atoms with Crippen LogP contribution in [0.1, 0.15) is 30.0 Å². The van der Waals surface area contributed by atoms with Gasteiger partial charge in [0.1, 0.15) is 5.75 Å². The molecule has 2 N–H and O–H groups in total. The van der Waals surface area contributed by atoms with Crippen molar-refractivity contribution in [2.24, 2.45) is 5.92 Å². The monoisotopic (exact) mass is 311 g/mol. The van der Waals surface area contributed by atoms with Crippen LogP contribution in [0.25, 0.3) is 0 Å². The molecule has 122 valence electrons. The summed E-state index contributed by atoms with van der Waals surface area (Å²) in [5, 5.41) is 13.9. The molecule has 2 aromatic carbocycles. The summed E-state index contributed by atoms with van der Waals surface area (Å²) in [4.78, 5) is 0. The summed E-state index contributed by atoms with van der Waals surface area (Å²) in [6.07, 6.45) is 2.85. The number of aliphatic hydroxyl groups excluding tert-OH is 1. The highest BCUT2D eigenvalue weighted by atomic mass is 16.5. The van der Waals surface area contributed by atoms with Gasteiger partial charge in [-0.1, -0.05) is 42.5 Å². The minimum atomic E-state index is -0.364. The second-order valence-corrected chi connectivity index (χ2v) is 6.34. The molecule has 1 fully saturated rings. The molecule has 0 saturated heterocycles. The molecule has 0 radical (unpaired) electrons. The van der Waals surface area contributed by atoms with Crippen molar-refractivity contribution in [1.29, 1.82) is 0 Å². The lowest BCUT2D eigenvalue weighted by Crippen LogP contribution is -2.32. The molecule has 3 nitrogen and oxygen atoms in total. The first kappa shape index (κ1) is 16.0. The summed E-state index contributed by atoms with van der Waals surface area (Å²) < 4.78 is 5.23. The van der Waals surface area contributed by atoms with Crippen molar-refractivity contribution in [3.63, 3.8) is 0 Å². The maximum atomic E-state index is 10.3. The summed E-state index contributed by atoms with van der Waals surface area (Å²) in [7, 11) is 1.69. The molecule has 2 atom stereocenters. The highest BCUT2D eigenvalue weighted by molar-refractivity contribution is 5.30. The lowest BCUT2D eigenvalue weighted by molar-refractivity contribution is 0.165. The van der Waals surface area contributed by atoms with Gasteiger partial charge in [-0.25, -0.2) is 0 Å².